The highest BCUT2D eigenvalue weighted by Gasteiger charge is 2.11. The van der Waals surface area contributed by atoms with Gasteiger partial charge in [0.15, 0.2) is 6.61 Å². The van der Waals surface area contributed by atoms with Gasteiger partial charge >= 0.3 is 0 Å². The predicted molar refractivity (Wildman–Crippen MR) is 76.4 cm³/mol. The van der Waals surface area contributed by atoms with Gasteiger partial charge in [-0.1, -0.05) is 12.1 Å². The van der Waals surface area contributed by atoms with Crippen molar-refractivity contribution in [3.05, 3.63) is 47.8 Å². The van der Waals surface area contributed by atoms with E-state index < -0.39 is 0 Å². The van der Waals surface area contributed by atoms with Crippen LogP contribution in [0.5, 0.6) is 5.75 Å². The van der Waals surface area contributed by atoms with Crippen LogP contribution in [0.15, 0.2) is 36.7 Å². The number of benzene rings is 1. The Hall–Kier alpha value is -2.30. The van der Waals surface area contributed by atoms with Gasteiger partial charge in [0.05, 0.1) is 6.20 Å². The van der Waals surface area contributed by atoms with E-state index >= 15 is 0 Å². The van der Waals surface area contributed by atoms with E-state index in [0.29, 0.717) is 12.3 Å². The molecule has 2 rings (SSSR count). The van der Waals surface area contributed by atoms with Gasteiger partial charge in [-0.15, -0.1) is 0 Å². The molecule has 1 heterocycles. The monoisotopic (exact) mass is 273 g/mol. The normalized spacial score (nSPS) is 10.3. The topological polar surface area (TPSA) is 47.4 Å². The van der Waals surface area contributed by atoms with Gasteiger partial charge in [0, 0.05) is 32.4 Å². The van der Waals surface area contributed by atoms with Crippen molar-refractivity contribution in [1.29, 1.82) is 0 Å². The molecule has 0 N–H and O–H groups in total. The molecular weight excluding hydrogens is 254 g/mol. The van der Waals surface area contributed by atoms with Crippen molar-refractivity contribution in [2.75, 3.05) is 13.7 Å². The average Bonchev–Trinajstić information content (AvgIpc) is 2.81. The number of hydrogen-bond acceptors (Lipinski definition) is 3. The van der Waals surface area contributed by atoms with Crippen molar-refractivity contribution >= 4 is 5.91 Å². The highest BCUT2D eigenvalue weighted by Crippen LogP contribution is 2.12. The Morgan fingerprint density at radius 3 is 2.90 bits per heavy atom. The minimum atomic E-state index is -0.0599. The highest BCUT2D eigenvalue weighted by molar-refractivity contribution is 5.77. The first-order valence-electron chi connectivity index (χ1n) is 6.45. The Bertz CT molecular complexity index is 592. The van der Waals surface area contributed by atoms with Crippen LogP contribution < -0.4 is 4.74 Å². The smallest absolute Gasteiger partial charge is 0.260 e. The molecule has 1 amide bonds. The summed E-state index contributed by atoms with van der Waals surface area (Å²) in [7, 11) is 3.61. The van der Waals surface area contributed by atoms with E-state index in [1.165, 1.54) is 0 Å². The Morgan fingerprint density at radius 2 is 2.25 bits per heavy atom. The van der Waals surface area contributed by atoms with Crippen LogP contribution in [0.25, 0.3) is 0 Å². The second kappa shape index (κ2) is 6.23. The molecule has 0 spiro atoms. The minimum Gasteiger partial charge on any atom is -0.484 e. The summed E-state index contributed by atoms with van der Waals surface area (Å²) in [6, 6.07) is 7.66. The fourth-order valence-electron chi connectivity index (χ4n) is 1.88. The Morgan fingerprint density at radius 1 is 1.45 bits per heavy atom. The van der Waals surface area contributed by atoms with Crippen molar-refractivity contribution in [2.24, 2.45) is 7.05 Å². The highest BCUT2D eigenvalue weighted by atomic mass is 16.5. The lowest BCUT2D eigenvalue weighted by Crippen LogP contribution is -2.30. The first-order chi connectivity index (χ1) is 9.54. The molecule has 2 aromatic rings. The molecule has 0 radical (unpaired) electrons. The van der Waals surface area contributed by atoms with E-state index in [9.17, 15) is 4.79 Å². The minimum absolute atomic E-state index is 0.0419. The maximum absolute atomic E-state index is 12.0. The molecule has 1 aromatic carbocycles. The number of hydrogen-bond donors (Lipinski definition) is 0. The van der Waals surface area contributed by atoms with Crippen molar-refractivity contribution in [1.82, 2.24) is 14.7 Å². The second-order valence-electron chi connectivity index (χ2n) is 4.88. The Labute approximate surface area is 118 Å². The molecule has 0 bridgehead atoms. The van der Waals surface area contributed by atoms with Crippen molar-refractivity contribution in [2.45, 2.75) is 13.5 Å². The molecule has 5 nitrogen and oxygen atoms in total. The zero-order chi connectivity index (χ0) is 14.5. The number of likely N-dealkylation sites (N-methyl/N-ethyl adjacent to an activating group) is 1. The van der Waals surface area contributed by atoms with E-state index in [0.717, 1.165) is 11.1 Å². The number of aryl methyl sites for hydroxylation is 2. The first kappa shape index (κ1) is 14.1. The van der Waals surface area contributed by atoms with Gasteiger partial charge in [0.1, 0.15) is 5.75 Å². The quantitative estimate of drug-likeness (QED) is 0.834. The van der Waals surface area contributed by atoms with Gasteiger partial charge in [-0.2, -0.15) is 5.10 Å². The molecule has 5 heteroatoms. The number of rotatable bonds is 5. The summed E-state index contributed by atoms with van der Waals surface area (Å²) < 4.78 is 7.22. The van der Waals surface area contributed by atoms with Crippen LogP contribution in [-0.2, 0) is 18.4 Å². The van der Waals surface area contributed by atoms with Crippen LogP contribution in [0.2, 0.25) is 0 Å². The van der Waals surface area contributed by atoms with E-state index in [1.807, 2.05) is 44.4 Å². The van der Waals surface area contributed by atoms with E-state index in [1.54, 1.807) is 22.8 Å². The van der Waals surface area contributed by atoms with Crippen molar-refractivity contribution in [3.8, 4) is 5.75 Å². The van der Waals surface area contributed by atoms with E-state index in [2.05, 4.69) is 5.10 Å². The average molecular weight is 273 g/mol. The third kappa shape index (κ3) is 3.85. The number of ether oxygens (including phenoxy) is 1. The maximum Gasteiger partial charge on any atom is 0.260 e. The molecular formula is C15H19N3O2. The molecule has 0 aliphatic rings. The molecule has 0 aliphatic carbocycles. The predicted octanol–water partition coefficient (Wildman–Crippen LogP) is 1.77. The lowest BCUT2D eigenvalue weighted by Gasteiger charge is -2.16. The summed E-state index contributed by atoms with van der Waals surface area (Å²) >= 11 is 0. The van der Waals surface area contributed by atoms with Crippen LogP contribution in [-0.4, -0.2) is 34.2 Å². The third-order valence-corrected chi connectivity index (χ3v) is 2.96. The van der Waals surface area contributed by atoms with Crippen LogP contribution in [0.1, 0.15) is 11.1 Å². The van der Waals surface area contributed by atoms with Crippen LogP contribution >= 0.6 is 0 Å². The summed E-state index contributed by atoms with van der Waals surface area (Å²) in [4.78, 5) is 13.6. The van der Waals surface area contributed by atoms with Crippen LogP contribution in [0, 0.1) is 6.92 Å². The lowest BCUT2D eigenvalue weighted by molar-refractivity contribution is -0.132. The molecule has 20 heavy (non-hydrogen) atoms. The summed E-state index contributed by atoms with van der Waals surface area (Å²) in [6.45, 7) is 2.56. The molecule has 0 saturated heterocycles. The summed E-state index contributed by atoms with van der Waals surface area (Å²) in [5.41, 5.74) is 2.11. The van der Waals surface area contributed by atoms with E-state index in [4.69, 9.17) is 4.74 Å². The number of carbonyl (C=O) groups is 1. The maximum atomic E-state index is 12.0. The second-order valence-corrected chi connectivity index (χ2v) is 4.88. The zero-order valence-corrected chi connectivity index (χ0v) is 12.0. The molecule has 0 saturated carbocycles. The molecule has 0 fully saturated rings. The summed E-state index contributed by atoms with van der Waals surface area (Å²) in [5, 5.41) is 4.08. The Balaban J connectivity index is 1.85. The van der Waals surface area contributed by atoms with Gasteiger partial charge < -0.3 is 9.64 Å². The lowest BCUT2D eigenvalue weighted by atomic mass is 10.2. The molecule has 0 aliphatic heterocycles. The number of aromatic nitrogens is 2. The molecule has 0 atom stereocenters. The third-order valence-electron chi connectivity index (χ3n) is 2.96. The van der Waals surface area contributed by atoms with Gasteiger partial charge in [0.2, 0.25) is 0 Å². The van der Waals surface area contributed by atoms with Crippen molar-refractivity contribution in [3.63, 3.8) is 0 Å². The first-order valence-corrected chi connectivity index (χ1v) is 6.45. The number of carbonyl (C=O) groups excluding carboxylic acids is 1. The molecule has 0 unspecified atom stereocenters. The Kier molecular flexibility index (Phi) is 4.40. The SMILES string of the molecule is Cc1cccc(OCC(=O)N(C)Cc2cnn(C)c2)c1. The van der Waals surface area contributed by atoms with Crippen LogP contribution in [0.3, 0.4) is 0 Å². The van der Waals surface area contributed by atoms with Gasteiger partial charge in [-0.3, -0.25) is 9.48 Å². The standard InChI is InChI=1S/C15H19N3O2/c1-12-5-4-6-14(7-12)20-11-15(19)17(2)9-13-8-16-18(3)10-13/h4-8,10H,9,11H2,1-3H3. The number of nitrogens with zero attached hydrogens (tertiary/aromatic N) is 3. The summed E-state index contributed by atoms with van der Waals surface area (Å²) in [5.74, 6) is 0.656. The van der Waals surface area contributed by atoms with Crippen LogP contribution in [0.4, 0.5) is 0 Å². The fourth-order valence-corrected chi connectivity index (χ4v) is 1.88. The fraction of sp³-hybridized carbons (Fsp3) is 0.333. The van der Waals surface area contributed by atoms with E-state index in [-0.39, 0.29) is 12.5 Å². The van der Waals surface area contributed by atoms with Gasteiger partial charge in [0.25, 0.3) is 5.91 Å². The van der Waals surface area contributed by atoms with Gasteiger partial charge in [-0.25, -0.2) is 0 Å². The largest absolute Gasteiger partial charge is 0.484 e. The molecule has 106 valence electrons. The zero-order valence-electron chi connectivity index (χ0n) is 12.0. The number of amides is 1. The molecule has 1 aromatic heterocycles. The summed E-state index contributed by atoms with van der Waals surface area (Å²) in [6.07, 6.45) is 3.65. The van der Waals surface area contributed by atoms with Gasteiger partial charge in [-0.05, 0) is 24.6 Å². The van der Waals surface area contributed by atoms with Crippen molar-refractivity contribution < 1.29 is 9.53 Å².